The highest BCUT2D eigenvalue weighted by Crippen LogP contribution is 2.72. The van der Waals surface area contributed by atoms with Gasteiger partial charge in [0, 0.05) is 17.0 Å². The van der Waals surface area contributed by atoms with E-state index in [1.165, 1.54) is 0 Å². The normalized spacial score (nSPS) is 30.1. The molecule has 1 N–H and O–H groups in total. The second-order valence-electron chi connectivity index (χ2n) is 11.8. The minimum absolute atomic E-state index is 0.0386. The standard InChI is InChI=1S/C32H44N2O5S/c1-8-11-18-39-30(38)25-24-28(36)34(23(19-35)20(4)10-3)27(32(24)16-15-31(25,7)40-32)29(37)33(17-9-2)26-21(5)13-12-14-22(26)6/h8-9,12-14,20,23-25,27,35H,1-2,10-11,15-19H2,3-7H3/t20-,23-,24-,25-,27?,31+,32?/m0/s1. The Morgan fingerprint density at radius 2 is 1.93 bits per heavy atom. The van der Waals surface area contributed by atoms with E-state index in [9.17, 15) is 19.5 Å². The van der Waals surface area contributed by atoms with Crippen LogP contribution in [0.4, 0.5) is 5.69 Å². The number of hydrogen-bond acceptors (Lipinski definition) is 6. The van der Waals surface area contributed by atoms with E-state index in [0.29, 0.717) is 19.3 Å². The molecule has 1 aromatic carbocycles. The van der Waals surface area contributed by atoms with Crippen LogP contribution in [-0.2, 0) is 19.1 Å². The molecule has 7 atom stereocenters. The first-order chi connectivity index (χ1) is 19.0. The van der Waals surface area contributed by atoms with Crippen LogP contribution in [0.25, 0.3) is 0 Å². The van der Waals surface area contributed by atoms with E-state index >= 15 is 0 Å². The number of carbonyl (C=O) groups excluding carboxylic acids is 3. The molecular formula is C32H44N2O5S. The van der Waals surface area contributed by atoms with Crippen molar-refractivity contribution in [3.63, 3.8) is 0 Å². The van der Waals surface area contributed by atoms with Crippen LogP contribution in [0.15, 0.2) is 43.5 Å². The lowest BCUT2D eigenvalue weighted by Crippen LogP contribution is -2.59. The average Bonchev–Trinajstić information content (AvgIpc) is 3.49. The summed E-state index contributed by atoms with van der Waals surface area (Å²) >= 11 is 1.62. The fraction of sp³-hybridized carbons (Fsp3) is 0.594. The Hall–Kier alpha value is -2.58. The van der Waals surface area contributed by atoms with Gasteiger partial charge >= 0.3 is 5.97 Å². The summed E-state index contributed by atoms with van der Waals surface area (Å²) in [7, 11) is 0. The number of esters is 1. The van der Waals surface area contributed by atoms with Gasteiger partial charge in [-0.3, -0.25) is 14.4 Å². The largest absolute Gasteiger partial charge is 0.465 e. The number of aliphatic hydroxyl groups excluding tert-OH is 1. The SMILES string of the molecule is C=CCCOC(=O)[C@@H]1[C@H]2C(=O)N([C@@H](CO)[C@@H](C)CC)C(C(=O)N(CC=C)c3c(C)cccc3C)C23CC[C@@]1(C)S3. The number of likely N-dealkylation sites (tertiary alicyclic amines) is 1. The number of para-hydroxylation sites is 1. The molecule has 3 aliphatic heterocycles. The van der Waals surface area contributed by atoms with Crippen molar-refractivity contribution in [1.29, 1.82) is 0 Å². The van der Waals surface area contributed by atoms with Gasteiger partial charge in [-0.15, -0.1) is 24.9 Å². The number of carbonyl (C=O) groups is 3. The van der Waals surface area contributed by atoms with Gasteiger partial charge in [0.15, 0.2) is 0 Å². The third-order valence-corrected chi connectivity index (χ3v) is 11.4. The maximum Gasteiger partial charge on any atom is 0.311 e. The Morgan fingerprint density at radius 1 is 1.25 bits per heavy atom. The molecule has 3 saturated heterocycles. The molecule has 1 aromatic rings. The molecule has 218 valence electrons. The van der Waals surface area contributed by atoms with Gasteiger partial charge in [-0.1, -0.05) is 50.6 Å². The van der Waals surface area contributed by atoms with Crippen molar-refractivity contribution in [2.45, 2.75) is 81.9 Å². The molecule has 0 aromatic heterocycles. The minimum atomic E-state index is -0.826. The number of anilines is 1. The van der Waals surface area contributed by atoms with Crippen LogP contribution in [0.2, 0.25) is 0 Å². The van der Waals surface area contributed by atoms with E-state index in [0.717, 1.165) is 23.2 Å². The third kappa shape index (κ3) is 4.71. The first-order valence-corrected chi connectivity index (χ1v) is 15.2. The van der Waals surface area contributed by atoms with Gasteiger partial charge in [0.25, 0.3) is 5.91 Å². The fourth-order valence-corrected chi connectivity index (χ4v) is 9.63. The number of benzene rings is 1. The van der Waals surface area contributed by atoms with E-state index in [1.54, 1.807) is 33.7 Å². The van der Waals surface area contributed by atoms with Crippen LogP contribution in [0.3, 0.4) is 0 Å². The van der Waals surface area contributed by atoms with Crippen molar-refractivity contribution < 1.29 is 24.2 Å². The van der Waals surface area contributed by atoms with E-state index in [-0.39, 0.29) is 43.5 Å². The monoisotopic (exact) mass is 568 g/mol. The molecule has 0 saturated carbocycles. The van der Waals surface area contributed by atoms with Crippen LogP contribution < -0.4 is 4.90 Å². The Balaban J connectivity index is 1.87. The van der Waals surface area contributed by atoms with Gasteiger partial charge in [0.05, 0.1) is 35.8 Å². The number of aliphatic hydroxyl groups is 1. The highest BCUT2D eigenvalue weighted by atomic mass is 32.2. The van der Waals surface area contributed by atoms with Crippen molar-refractivity contribution in [2.24, 2.45) is 17.8 Å². The molecule has 4 rings (SSSR count). The molecule has 2 unspecified atom stereocenters. The smallest absolute Gasteiger partial charge is 0.311 e. The first kappa shape index (κ1) is 30.4. The van der Waals surface area contributed by atoms with E-state index in [4.69, 9.17) is 4.74 Å². The van der Waals surface area contributed by atoms with Crippen molar-refractivity contribution in [2.75, 3.05) is 24.7 Å². The first-order valence-electron chi connectivity index (χ1n) is 14.4. The average molecular weight is 569 g/mol. The van der Waals surface area contributed by atoms with Crippen molar-refractivity contribution in [1.82, 2.24) is 4.90 Å². The summed E-state index contributed by atoms with van der Waals surface area (Å²) in [6.07, 6.45) is 6.02. The molecule has 3 fully saturated rings. The van der Waals surface area contributed by atoms with E-state index in [1.807, 2.05) is 52.8 Å². The molecule has 0 radical (unpaired) electrons. The van der Waals surface area contributed by atoms with Crippen LogP contribution in [0, 0.1) is 31.6 Å². The van der Waals surface area contributed by atoms with Gasteiger partial charge in [-0.25, -0.2) is 0 Å². The lowest BCUT2D eigenvalue weighted by molar-refractivity contribution is -0.156. The maximum atomic E-state index is 14.9. The Kier molecular flexibility index (Phi) is 8.91. The highest BCUT2D eigenvalue weighted by molar-refractivity contribution is 8.02. The Bertz CT molecular complexity index is 1170. The summed E-state index contributed by atoms with van der Waals surface area (Å²) in [6, 6.07) is 4.55. The number of thioether (sulfide) groups is 1. The summed E-state index contributed by atoms with van der Waals surface area (Å²) < 4.78 is 4.36. The molecule has 7 nitrogen and oxygen atoms in total. The van der Waals surface area contributed by atoms with Gasteiger partial charge in [0.2, 0.25) is 5.91 Å². The maximum absolute atomic E-state index is 14.9. The fourth-order valence-electron chi connectivity index (χ4n) is 7.30. The van der Waals surface area contributed by atoms with Crippen LogP contribution in [0.1, 0.15) is 57.6 Å². The summed E-state index contributed by atoms with van der Waals surface area (Å²) in [5, 5.41) is 10.6. The number of aryl methyl sites for hydroxylation is 2. The number of amides is 2. The minimum Gasteiger partial charge on any atom is -0.465 e. The quantitative estimate of drug-likeness (QED) is 0.221. The lowest BCUT2D eigenvalue weighted by Gasteiger charge is -2.41. The number of fused-ring (bicyclic) bond motifs is 1. The van der Waals surface area contributed by atoms with E-state index in [2.05, 4.69) is 13.2 Å². The molecule has 40 heavy (non-hydrogen) atoms. The second-order valence-corrected chi connectivity index (χ2v) is 13.7. The third-order valence-electron chi connectivity index (χ3n) is 9.40. The predicted octanol–water partition coefficient (Wildman–Crippen LogP) is 4.83. The van der Waals surface area contributed by atoms with Crippen molar-refractivity contribution >= 4 is 35.2 Å². The van der Waals surface area contributed by atoms with Gasteiger partial charge in [-0.05, 0) is 57.1 Å². The van der Waals surface area contributed by atoms with Gasteiger partial charge in [-0.2, -0.15) is 0 Å². The summed E-state index contributed by atoms with van der Waals surface area (Å²) in [5.41, 5.74) is 2.73. The van der Waals surface area contributed by atoms with E-state index < -0.39 is 33.4 Å². The lowest BCUT2D eigenvalue weighted by atomic mass is 9.66. The highest BCUT2D eigenvalue weighted by Gasteiger charge is 2.78. The molecule has 2 bridgehead atoms. The second kappa shape index (κ2) is 11.7. The zero-order chi connectivity index (χ0) is 29.4. The number of ether oxygens (including phenoxy) is 1. The van der Waals surface area contributed by atoms with Crippen LogP contribution in [0.5, 0.6) is 0 Å². The zero-order valence-corrected chi connectivity index (χ0v) is 25.3. The Labute approximate surface area is 243 Å². The van der Waals surface area contributed by atoms with Crippen LogP contribution >= 0.6 is 11.8 Å². The summed E-state index contributed by atoms with van der Waals surface area (Å²) in [5.74, 6) is -2.18. The number of hydrogen-bond donors (Lipinski definition) is 1. The molecule has 2 amide bonds. The number of nitrogens with zero attached hydrogens (tertiary/aromatic N) is 2. The van der Waals surface area contributed by atoms with Crippen molar-refractivity contribution in [3.05, 3.63) is 54.6 Å². The topological polar surface area (TPSA) is 87.1 Å². The van der Waals surface area contributed by atoms with Crippen LogP contribution in [-0.4, -0.2) is 69.1 Å². The number of rotatable bonds is 12. The summed E-state index contributed by atoms with van der Waals surface area (Å²) in [6.45, 7) is 17.9. The molecule has 0 aliphatic carbocycles. The Morgan fingerprint density at radius 3 is 2.50 bits per heavy atom. The summed E-state index contributed by atoms with van der Waals surface area (Å²) in [4.78, 5) is 46.4. The van der Waals surface area contributed by atoms with Gasteiger partial charge in [0.1, 0.15) is 6.04 Å². The molecule has 3 aliphatic rings. The molecule has 3 heterocycles. The molecular weight excluding hydrogens is 524 g/mol. The zero-order valence-electron chi connectivity index (χ0n) is 24.5. The predicted molar refractivity (Wildman–Crippen MR) is 160 cm³/mol. The van der Waals surface area contributed by atoms with Gasteiger partial charge < -0.3 is 19.6 Å². The van der Waals surface area contributed by atoms with Crippen molar-refractivity contribution in [3.8, 4) is 0 Å². The molecule has 1 spiro atoms. The molecule has 8 heteroatoms.